The Morgan fingerprint density at radius 3 is 2.52 bits per heavy atom. The van der Waals surface area contributed by atoms with Gasteiger partial charge in [0.05, 0.1) is 5.56 Å². The predicted octanol–water partition coefficient (Wildman–Crippen LogP) is 4.98. The molecule has 2 rings (SSSR count). The Hall–Kier alpha value is -1.03. The minimum Gasteiger partial charge on any atom is -0.316 e. The highest BCUT2D eigenvalue weighted by atomic mass is 19.4. The van der Waals surface area contributed by atoms with Crippen molar-refractivity contribution in [3.05, 3.63) is 35.4 Å². The Morgan fingerprint density at radius 1 is 1.19 bits per heavy atom. The topological polar surface area (TPSA) is 12.0 Å². The van der Waals surface area contributed by atoms with E-state index >= 15 is 0 Å². The van der Waals surface area contributed by atoms with Crippen molar-refractivity contribution in [3.8, 4) is 0 Å². The standard InChI is InChI=1S/C17H24F3N/c1-2-21-12-16(13-7-4-3-5-8-13)14-9-6-10-15(11-14)17(18,19)20/h6,9-11,13,16,21H,2-5,7-8,12H2,1H3. The molecule has 0 bridgehead atoms. The van der Waals surface area contributed by atoms with E-state index in [0.29, 0.717) is 5.92 Å². The zero-order chi connectivity index (χ0) is 15.3. The van der Waals surface area contributed by atoms with Crippen molar-refractivity contribution in [1.82, 2.24) is 5.32 Å². The lowest BCUT2D eigenvalue weighted by atomic mass is 9.76. The molecule has 0 radical (unpaired) electrons. The monoisotopic (exact) mass is 299 g/mol. The fourth-order valence-electron chi connectivity index (χ4n) is 3.34. The van der Waals surface area contributed by atoms with Crippen molar-refractivity contribution in [2.75, 3.05) is 13.1 Å². The molecule has 1 nitrogen and oxygen atoms in total. The molecule has 118 valence electrons. The number of alkyl halides is 3. The Morgan fingerprint density at radius 2 is 1.90 bits per heavy atom. The number of nitrogens with one attached hydrogen (secondary N) is 1. The molecule has 1 fully saturated rings. The summed E-state index contributed by atoms with van der Waals surface area (Å²) >= 11 is 0. The van der Waals surface area contributed by atoms with Gasteiger partial charge in [0.2, 0.25) is 0 Å². The van der Waals surface area contributed by atoms with Crippen LogP contribution in [0.5, 0.6) is 0 Å². The lowest BCUT2D eigenvalue weighted by molar-refractivity contribution is -0.137. The Balaban J connectivity index is 2.22. The van der Waals surface area contributed by atoms with Crippen molar-refractivity contribution in [3.63, 3.8) is 0 Å². The number of halogens is 3. The molecule has 1 aliphatic rings. The van der Waals surface area contributed by atoms with Crippen molar-refractivity contribution >= 4 is 0 Å². The average molecular weight is 299 g/mol. The molecule has 1 atom stereocenters. The smallest absolute Gasteiger partial charge is 0.316 e. The van der Waals surface area contributed by atoms with Crippen LogP contribution < -0.4 is 5.32 Å². The number of hydrogen-bond donors (Lipinski definition) is 1. The van der Waals surface area contributed by atoms with Gasteiger partial charge in [0, 0.05) is 6.54 Å². The van der Waals surface area contributed by atoms with E-state index in [1.165, 1.54) is 25.3 Å². The second-order valence-electron chi connectivity index (χ2n) is 5.94. The van der Waals surface area contributed by atoms with Crippen LogP contribution in [0.15, 0.2) is 24.3 Å². The lowest BCUT2D eigenvalue weighted by Crippen LogP contribution is -2.28. The summed E-state index contributed by atoms with van der Waals surface area (Å²) in [5.74, 6) is 0.689. The molecule has 0 saturated heterocycles. The van der Waals surface area contributed by atoms with Crippen LogP contribution in [0.1, 0.15) is 56.1 Å². The summed E-state index contributed by atoms with van der Waals surface area (Å²) in [6.07, 6.45) is 1.66. The van der Waals surface area contributed by atoms with E-state index < -0.39 is 11.7 Å². The van der Waals surface area contributed by atoms with Crippen LogP contribution in [0.3, 0.4) is 0 Å². The fourth-order valence-corrected chi connectivity index (χ4v) is 3.34. The third-order valence-corrected chi connectivity index (χ3v) is 4.48. The second-order valence-corrected chi connectivity index (χ2v) is 5.94. The van der Waals surface area contributed by atoms with Crippen molar-refractivity contribution in [2.24, 2.45) is 5.92 Å². The van der Waals surface area contributed by atoms with Crippen LogP contribution in [0.25, 0.3) is 0 Å². The van der Waals surface area contributed by atoms with Gasteiger partial charge >= 0.3 is 6.18 Å². The van der Waals surface area contributed by atoms with Crippen LogP contribution in [0.2, 0.25) is 0 Å². The molecular weight excluding hydrogens is 275 g/mol. The predicted molar refractivity (Wildman–Crippen MR) is 79.3 cm³/mol. The van der Waals surface area contributed by atoms with Gasteiger partial charge in [-0.25, -0.2) is 0 Å². The first kappa shape index (κ1) is 16.3. The Bertz CT molecular complexity index is 436. The molecule has 0 aliphatic heterocycles. The molecule has 1 aliphatic carbocycles. The third kappa shape index (κ3) is 4.47. The summed E-state index contributed by atoms with van der Waals surface area (Å²) < 4.78 is 38.7. The molecule has 21 heavy (non-hydrogen) atoms. The molecule has 1 aromatic rings. The van der Waals surface area contributed by atoms with Crippen LogP contribution in [-0.2, 0) is 6.18 Å². The van der Waals surface area contributed by atoms with E-state index in [1.807, 2.05) is 13.0 Å². The first-order valence-electron chi connectivity index (χ1n) is 7.90. The van der Waals surface area contributed by atoms with Gasteiger partial charge in [-0.2, -0.15) is 13.2 Å². The van der Waals surface area contributed by atoms with Gasteiger partial charge in [-0.15, -0.1) is 0 Å². The molecule has 1 aromatic carbocycles. The van der Waals surface area contributed by atoms with Crippen LogP contribution >= 0.6 is 0 Å². The largest absolute Gasteiger partial charge is 0.416 e. The number of likely N-dealkylation sites (N-methyl/N-ethyl adjacent to an activating group) is 1. The molecule has 4 heteroatoms. The highest BCUT2D eigenvalue weighted by molar-refractivity contribution is 5.29. The van der Waals surface area contributed by atoms with E-state index in [2.05, 4.69) is 5.32 Å². The molecular formula is C17H24F3N. The number of rotatable bonds is 5. The SMILES string of the molecule is CCNCC(c1cccc(C(F)(F)F)c1)C1CCCCC1. The van der Waals surface area contributed by atoms with Crippen LogP contribution in [-0.4, -0.2) is 13.1 Å². The summed E-state index contributed by atoms with van der Waals surface area (Å²) in [6.45, 7) is 3.65. The van der Waals surface area contributed by atoms with Gasteiger partial charge in [-0.05, 0) is 42.9 Å². The zero-order valence-corrected chi connectivity index (χ0v) is 12.5. The second kappa shape index (κ2) is 7.30. The summed E-state index contributed by atoms with van der Waals surface area (Å²) in [6, 6.07) is 5.90. The van der Waals surface area contributed by atoms with E-state index in [-0.39, 0.29) is 5.92 Å². The minimum atomic E-state index is -4.26. The maximum atomic E-state index is 12.9. The van der Waals surface area contributed by atoms with Crippen LogP contribution in [0.4, 0.5) is 13.2 Å². The summed E-state index contributed by atoms with van der Waals surface area (Å²) in [5, 5.41) is 3.32. The van der Waals surface area contributed by atoms with Gasteiger partial charge in [0.1, 0.15) is 0 Å². The van der Waals surface area contributed by atoms with Gasteiger partial charge in [0.15, 0.2) is 0 Å². The molecule has 0 aromatic heterocycles. The average Bonchev–Trinajstić information content (AvgIpc) is 2.48. The molecule has 0 spiro atoms. The summed E-state index contributed by atoms with van der Waals surface area (Å²) in [7, 11) is 0. The molecule has 0 amide bonds. The Labute approximate surface area is 124 Å². The zero-order valence-electron chi connectivity index (χ0n) is 12.5. The van der Waals surface area contributed by atoms with Crippen LogP contribution in [0, 0.1) is 5.92 Å². The fraction of sp³-hybridized carbons (Fsp3) is 0.647. The molecule has 0 heterocycles. The van der Waals surface area contributed by atoms with Crippen molar-refractivity contribution in [2.45, 2.75) is 51.1 Å². The molecule has 1 saturated carbocycles. The van der Waals surface area contributed by atoms with Gasteiger partial charge < -0.3 is 5.32 Å². The maximum absolute atomic E-state index is 12.9. The molecule has 1 unspecified atom stereocenters. The number of benzene rings is 1. The van der Waals surface area contributed by atoms with Gasteiger partial charge in [-0.1, -0.05) is 44.4 Å². The number of hydrogen-bond acceptors (Lipinski definition) is 1. The first-order chi connectivity index (χ1) is 10.0. The van der Waals surface area contributed by atoms with Gasteiger partial charge in [0.25, 0.3) is 0 Å². The van der Waals surface area contributed by atoms with Crippen molar-refractivity contribution < 1.29 is 13.2 Å². The summed E-state index contributed by atoms with van der Waals surface area (Å²) in [5.41, 5.74) is 0.301. The van der Waals surface area contributed by atoms with E-state index in [9.17, 15) is 13.2 Å². The third-order valence-electron chi connectivity index (χ3n) is 4.48. The highest BCUT2D eigenvalue weighted by Gasteiger charge is 2.32. The van der Waals surface area contributed by atoms with Gasteiger partial charge in [-0.3, -0.25) is 0 Å². The van der Waals surface area contributed by atoms with E-state index in [4.69, 9.17) is 0 Å². The normalized spacial score (nSPS) is 18.7. The quantitative estimate of drug-likeness (QED) is 0.808. The Kier molecular flexibility index (Phi) is 5.68. The highest BCUT2D eigenvalue weighted by Crippen LogP contribution is 2.38. The van der Waals surface area contributed by atoms with E-state index in [1.54, 1.807) is 6.07 Å². The first-order valence-corrected chi connectivity index (χ1v) is 7.90. The summed E-state index contributed by atoms with van der Waals surface area (Å²) in [4.78, 5) is 0. The van der Waals surface area contributed by atoms with Crippen molar-refractivity contribution in [1.29, 1.82) is 0 Å². The maximum Gasteiger partial charge on any atom is 0.416 e. The molecule has 1 N–H and O–H groups in total. The lowest BCUT2D eigenvalue weighted by Gasteiger charge is -2.31. The minimum absolute atomic E-state index is 0.188. The van der Waals surface area contributed by atoms with E-state index in [0.717, 1.165) is 37.6 Å².